The van der Waals surface area contributed by atoms with Gasteiger partial charge in [-0.05, 0) is 32.5 Å². The molecule has 1 aliphatic rings. The summed E-state index contributed by atoms with van der Waals surface area (Å²) in [6.45, 7) is 7.39. The Morgan fingerprint density at radius 2 is 2.00 bits per heavy atom. The molecule has 0 spiro atoms. The number of carbonyl (C=O) groups excluding carboxylic acids is 1. The Morgan fingerprint density at radius 3 is 2.71 bits per heavy atom. The van der Waals surface area contributed by atoms with Crippen molar-refractivity contribution >= 4 is 5.91 Å². The van der Waals surface area contributed by atoms with Gasteiger partial charge in [0.1, 0.15) is 0 Å². The largest absolute Gasteiger partial charge is 0.491 e. The fourth-order valence-electron chi connectivity index (χ4n) is 2.72. The van der Waals surface area contributed by atoms with Crippen LogP contribution in [-0.4, -0.2) is 68.1 Å². The number of nitrogens with zero attached hydrogens (tertiary/aromatic N) is 2. The molecule has 1 aromatic carbocycles. The first-order chi connectivity index (χ1) is 11.6. The number of likely N-dealkylation sites (N-methyl/N-ethyl adjacent to an activating group) is 1. The van der Waals surface area contributed by atoms with Crippen LogP contribution in [0.25, 0.3) is 0 Å². The van der Waals surface area contributed by atoms with Crippen LogP contribution in [0.15, 0.2) is 24.3 Å². The summed E-state index contributed by atoms with van der Waals surface area (Å²) in [6, 6.07) is 6.65. The highest BCUT2D eigenvalue weighted by Crippen LogP contribution is 2.15. The van der Waals surface area contributed by atoms with Crippen LogP contribution in [0.4, 0.5) is 4.39 Å². The first-order valence-electron chi connectivity index (χ1n) is 8.63. The fraction of sp³-hybridized carbons (Fsp3) is 0.611. The van der Waals surface area contributed by atoms with Crippen molar-refractivity contribution in [2.75, 3.05) is 46.4 Å². The molecule has 1 fully saturated rings. The van der Waals surface area contributed by atoms with E-state index in [4.69, 9.17) is 4.74 Å². The smallest absolute Gasteiger partial charge is 0.220 e. The van der Waals surface area contributed by atoms with Gasteiger partial charge in [0.05, 0.1) is 6.61 Å². The second-order valence-electron chi connectivity index (χ2n) is 6.37. The monoisotopic (exact) mass is 337 g/mol. The third kappa shape index (κ3) is 6.09. The minimum Gasteiger partial charge on any atom is -0.491 e. The van der Waals surface area contributed by atoms with E-state index in [2.05, 4.69) is 29.1 Å². The van der Waals surface area contributed by atoms with Crippen molar-refractivity contribution in [2.45, 2.75) is 25.8 Å². The van der Waals surface area contributed by atoms with Crippen LogP contribution in [0.1, 0.15) is 19.8 Å². The summed E-state index contributed by atoms with van der Waals surface area (Å²) in [5, 5.41) is 2.98. The van der Waals surface area contributed by atoms with Crippen LogP contribution in [0, 0.1) is 5.82 Å². The molecule has 1 aromatic rings. The van der Waals surface area contributed by atoms with Crippen molar-refractivity contribution in [1.82, 2.24) is 15.1 Å². The number of piperazine rings is 1. The average Bonchev–Trinajstić information content (AvgIpc) is 2.58. The van der Waals surface area contributed by atoms with E-state index in [1.807, 2.05) is 0 Å². The molecule has 1 heterocycles. The van der Waals surface area contributed by atoms with Gasteiger partial charge in [0.2, 0.25) is 5.91 Å². The maximum atomic E-state index is 13.4. The highest BCUT2D eigenvalue weighted by Gasteiger charge is 2.19. The zero-order valence-electron chi connectivity index (χ0n) is 14.6. The first kappa shape index (κ1) is 18.7. The van der Waals surface area contributed by atoms with E-state index < -0.39 is 0 Å². The topological polar surface area (TPSA) is 44.8 Å². The Kier molecular flexibility index (Phi) is 7.46. The lowest BCUT2D eigenvalue weighted by Gasteiger charge is -2.36. The number of amides is 1. The van der Waals surface area contributed by atoms with Gasteiger partial charge in [0.15, 0.2) is 11.6 Å². The van der Waals surface area contributed by atoms with Crippen LogP contribution < -0.4 is 10.1 Å². The maximum Gasteiger partial charge on any atom is 0.220 e. The van der Waals surface area contributed by atoms with Crippen molar-refractivity contribution in [3.63, 3.8) is 0 Å². The lowest BCUT2D eigenvalue weighted by Crippen LogP contribution is -2.51. The van der Waals surface area contributed by atoms with Gasteiger partial charge < -0.3 is 15.0 Å². The maximum absolute atomic E-state index is 13.4. The molecule has 5 nitrogen and oxygen atoms in total. The van der Waals surface area contributed by atoms with Crippen molar-refractivity contribution in [3.05, 3.63) is 30.1 Å². The molecular formula is C18H28FN3O2. The minimum atomic E-state index is -0.372. The van der Waals surface area contributed by atoms with Crippen LogP contribution in [0.2, 0.25) is 0 Å². The van der Waals surface area contributed by atoms with E-state index in [0.717, 1.165) is 26.2 Å². The average molecular weight is 337 g/mol. The van der Waals surface area contributed by atoms with Crippen LogP contribution >= 0.6 is 0 Å². The number of ether oxygens (including phenoxy) is 1. The number of benzene rings is 1. The molecule has 1 aliphatic heterocycles. The Hall–Kier alpha value is -1.66. The van der Waals surface area contributed by atoms with Gasteiger partial charge in [-0.3, -0.25) is 9.69 Å². The molecule has 0 radical (unpaired) electrons. The summed E-state index contributed by atoms with van der Waals surface area (Å²) in [7, 11) is 2.13. The molecule has 0 aliphatic carbocycles. The Labute approximate surface area is 143 Å². The SMILES string of the molecule is C[C@H](CNC(=O)CCCOc1ccccc1F)N1CCN(C)CC1. The molecule has 2 rings (SSSR count). The number of hydrogen-bond acceptors (Lipinski definition) is 4. The molecule has 0 saturated carbocycles. The van der Waals surface area contributed by atoms with Crippen LogP contribution in [0.3, 0.4) is 0 Å². The minimum absolute atomic E-state index is 0.0214. The molecule has 134 valence electrons. The Morgan fingerprint density at radius 1 is 1.29 bits per heavy atom. The van der Waals surface area contributed by atoms with Crippen LogP contribution in [-0.2, 0) is 4.79 Å². The van der Waals surface area contributed by atoms with Crippen LogP contribution in [0.5, 0.6) is 5.75 Å². The summed E-state index contributed by atoms with van der Waals surface area (Å²) >= 11 is 0. The zero-order valence-corrected chi connectivity index (χ0v) is 14.6. The van der Waals surface area contributed by atoms with Crippen molar-refractivity contribution in [3.8, 4) is 5.75 Å². The predicted octanol–water partition coefficient (Wildman–Crippen LogP) is 1.74. The first-order valence-corrected chi connectivity index (χ1v) is 8.63. The molecule has 0 bridgehead atoms. The van der Waals surface area contributed by atoms with Gasteiger partial charge in [0, 0.05) is 45.2 Å². The number of carbonyl (C=O) groups is 1. The van der Waals surface area contributed by atoms with E-state index in [1.54, 1.807) is 18.2 Å². The van der Waals surface area contributed by atoms with Crippen molar-refractivity contribution < 1.29 is 13.9 Å². The van der Waals surface area contributed by atoms with E-state index in [-0.39, 0.29) is 17.5 Å². The zero-order chi connectivity index (χ0) is 17.4. The third-order valence-electron chi connectivity index (χ3n) is 4.40. The molecule has 6 heteroatoms. The van der Waals surface area contributed by atoms with Gasteiger partial charge in [-0.25, -0.2) is 4.39 Å². The second-order valence-corrected chi connectivity index (χ2v) is 6.37. The molecule has 1 atom stereocenters. The van der Waals surface area contributed by atoms with Gasteiger partial charge in [-0.2, -0.15) is 0 Å². The summed E-state index contributed by atoms with van der Waals surface area (Å²) < 4.78 is 18.7. The second kappa shape index (κ2) is 9.59. The molecule has 0 aromatic heterocycles. The van der Waals surface area contributed by atoms with E-state index in [9.17, 15) is 9.18 Å². The number of halogens is 1. The number of rotatable bonds is 8. The number of hydrogen-bond donors (Lipinski definition) is 1. The Bertz CT molecular complexity index is 519. The van der Waals surface area contributed by atoms with Crippen molar-refractivity contribution in [1.29, 1.82) is 0 Å². The third-order valence-corrected chi connectivity index (χ3v) is 4.40. The molecule has 24 heavy (non-hydrogen) atoms. The lowest BCUT2D eigenvalue weighted by atomic mass is 10.2. The fourth-order valence-corrected chi connectivity index (χ4v) is 2.72. The summed E-state index contributed by atoms with van der Waals surface area (Å²) in [4.78, 5) is 16.6. The number of nitrogens with one attached hydrogen (secondary N) is 1. The Balaban J connectivity index is 1.57. The van der Waals surface area contributed by atoms with Gasteiger partial charge in [0.25, 0.3) is 0 Å². The predicted molar refractivity (Wildman–Crippen MR) is 92.7 cm³/mol. The van der Waals surface area contributed by atoms with E-state index in [0.29, 0.717) is 32.0 Å². The summed E-state index contributed by atoms with van der Waals surface area (Å²) in [6.07, 6.45) is 0.965. The highest BCUT2D eigenvalue weighted by molar-refractivity contribution is 5.75. The lowest BCUT2D eigenvalue weighted by molar-refractivity contribution is -0.121. The molecule has 0 unspecified atom stereocenters. The normalized spacial score (nSPS) is 17.5. The standard InChI is InChI=1S/C18H28FN3O2/c1-15(22-11-9-21(2)10-12-22)14-20-18(23)8-5-13-24-17-7-4-3-6-16(17)19/h3-4,6-7,15H,5,8-14H2,1-2H3,(H,20,23)/t15-/m1/s1. The van der Waals surface area contributed by atoms with Crippen molar-refractivity contribution in [2.24, 2.45) is 0 Å². The summed E-state index contributed by atoms with van der Waals surface area (Å²) in [5.74, 6) is -0.113. The highest BCUT2D eigenvalue weighted by atomic mass is 19.1. The molecule has 1 saturated heterocycles. The van der Waals surface area contributed by atoms with Gasteiger partial charge >= 0.3 is 0 Å². The molecule has 1 amide bonds. The molecular weight excluding hydrogens is 309 g/mol. The molecule has 1 N–H and O–H groups in total. The van der Waals surface area contributed by atoms with Gasteiger partial charge in [-0.1, -0.05) is 12.1 Å². The number of para-hydroxylation sites is 1. The van der Waals surface area contributed by atoms with Gasteiger partial charge in [-0.15, -0.1) is 0 Å². The van der Waals surface area contributed by atoms with E-state index in [1.165, 1.54) is 6.07 Å². The summed E-state index contributed by atoms with van der Waals surface area (Å²) in [5.41, 5.74) is 0. The van der Waals surface area contributed by atoms with E-state index >= 15 is 0 Å². The quantitative estimate of drug-likeness (QED) is 0.734.